The molecule has 3 rings (SSSR count). The van der Waals surface area contributed by atoms with E-state index >= 15 is 0 Å². The standard InChI is InChI=1S/C15H17ClN4O.ClH/c1-19-13(5-6-18-19)15(21)20-8-7-17-10-14(20)11-3-2-4-12(16)9-11;/h2-6,9,14,17H,7-8,10H2,1H3;1H. The summed E-state index contributed by atoms with van der Waals surface area (Å²) in [6.07, 6.45) is 1.64. The molecule has 1 N–H and O–H groups in total. The molecule has 0 aliphatic carbocycles. The summed E-state index contributed by atoms with van der Waals surface area (Å²) in [6, 6.07) is 9.42. The summed E-state index contributed by atoms with van der Waals surface area (Å²) in [5, 5.41) is 8.10. The predicted molar refractivity (Wildman–Crippen MR) is 88.6 cm³/mol. The minimum atomic E-state index is -0.0140. The van der Waals surface area contributed by atoms with Crippen molar-refractivity contribution in [2.24, 2.45) is 7.05 Å². The van der Waals surface area contributed by atoms with Crippen molar-refractivity contribution < 1.29 is 4.79 Å². The van der Waals surface area contributed by atoms with Gasteiger partial charge in [0.2, 0.25) is 0 Å². The highest BCUT2D eigenvalue weighted by Crippen LogP contribution is 2.26. The van der Waals surface area contributed by atoms with Crippen molar-refractivity contribution in [2.45, 2.75) is 6.04 Å². The number of benzene rings is 1. The van der Waals surface area contributed by atoms with E-state index in [1.54, 1.807) is 24.0 Å². The fraction of sp³-hybridized carbons (Fsp3) is 0.333. The largest absolute Gasteiger partial charge is 0.328 e. The molecule has 2 heterocycles. The second kappa shape index (κ2) is 7.13. The number of hydrogen-bond acceptors (Lipinski definition) is 3. The third-order valence-corrected chi connectivity index (χ3v) is 4.01. The van der Waals surface area contributed by atoms with Crippen LogP contribution in [0.5, 0.6) is 0 Å². The molecule has 1 fully saturated rings. The van der Waals surface area contributed by atoms with Gasteiger partial charge in [0.1, 0.15) is 5.69 Å². The van der Waals surface area contributed by atoms with Crippen LogP contribution in [-0.2, 0) is 7.05 Å². The lowest BCUT2D eigenvalue weighted by Crippen LogP contribution is -2.49. The number of halogens is 2. The Morgan fingerprint density at radius 3 is 2.91 bits per heavy atom. The first-order chi connectivity index (χ1) is 10.2. The van der Waals surface area contributed by atoms with Crippen molar-refractivity contribution in [2.75, 3.05) is 19.6 Å². The van der Waals surface area contributed by atoms with Crippen LogP contribution >= 0.6 is 24.0 Å². The van der Waals surface area contributed by atoms with Crippen LogP contribution in [0.3, 0.4) is 0 Å². The summed E-state index contributed by atoms with van der Waals surface area (Å²) in [5.74, 6) is 0.00137. The maximum atomic E-state index is 12.8. The van der Waals surface area contributed by atoms with Gasteiger partial charge in [-0.2, -0.15) is 5.10 Å². The SMILES string of the molecule is Cl.Cn1nccc1C(=O)N1CCNCC1c1cccc(Cl)c1. The Morgan fingerprint density at radius 1 is 1.41 bits per heavy atom. The number of aryl methyl sites for hydroxylation is 1. The normalized spacial score (nSPS) is 17.9. The minimum Gasteiger partial charge on any atom is -0.328 e. The monoisotopic (exact) mass is 340 g/mol. The van der Waals surface area contributed by atoms with Crippen molar-refractivity contribution >= 4 is 29.9 Å². The molecule has 0 saturated carbocycles. The highest BCUT2D eigenvalue weighted by molar-refractivity contribution is 6.30. The Labute approximate surface area is 140 Å². The molecule has 1 aromatic carbocycles. The van der Waals surface area contributed by atoms with Gasteiger partial charge in [0, 0.05) is 37.9 Å². The van der Waals surface area contributed by atoms with Crippen LogP contribution < -0.4 is 5.32 Å². The van der Waals surface area contributed by atoms with Crippen LogP contribution in [0.4, 0.5) is 0 Å². The first-order valence-electron chi connectivity index (χ1n) is 6.92. The van der Waals surface area contributed by atoms with Crippen LogP contribution in [0.15, 0.2) is 36.5 Å². The molecule has 1 aliphatic rings. The van der Waals surface area contributed by atoms with Gasteiger partial charge in [0.25, 0.3) is 5.91 Å². The Bertz CT molecular complexity index is 658. The zero-order valence-corrected chi connectivity index (χ0v) is 13.8. The molecule has 0 radical (unpaired) electrons. The van der Waals surface area contributed by atoms with Gasteiger partial charge in [-0.25, -0.2) is 0 Å². The van der Waals surface area contributed by atoms with E-state index in [0.29, 0.717) is 17.3 Å². The lowest BCUT2D eigenvalue weighted by Gasteiger charge is -2.36. The molecule has 0 bridgehead atoms. The van der Waals surface area contributed by atoms with Gasteiger partial charge in [-0.15, -0.1) is 12.4 Å². The summed E-state index contributed by atoms with van der Waals surface area (Å²) in [5.41, 5.74) is 1.65. The number of amides is 1. The van der Waals surface area contributed by atoms with Crippen molar-refractivity contribution in [1.82, 2.24) is 20.0 Å². The summed E-state index contributed by atoms with van der Waals surface area (Å²) in [6.45, 7) is 2.19. The molecule has 118 valence electrons. The molecule has 5 nitrogen and oxygen atoms in total. The lowest BCUT2D eigenvalue weighted by atomic mass is 10.0. The van der Waals surface area contributed by atoms with Crippen LogP contribution in [0.25, 0.3) is 0 Å². The number of rotatable bonds is 2. The molecule has 1 unspecified atom stereocenters. The Morgan fingerprint density at radius 2 is 2.23 bits per heavy atom. The van der Waals surface area contributed by atoms with Crippen molar-refractivity contribution in [1.29, 1.82) is 0 Å². The molecule has 1 amide bonds. The Hall–Kier alpha value is -1.56. The van der Waals surface area contributed by atoms with Crippen LogP contribution in [-0.4, -0.2) is 40.2 Å². The quantitative estimate of drug-likeness (QED) is 0.912. The molecular weight excluding hydrogens is 323 g/mol. The second-order valence-corrected chi connectivity index (χ2v) is 5.55. The smallest absolute Gasteiger partial charge is 0.272 e. The Balaban J connectivity index is 0.00000176. The molecular formula is C15H18Cl2N4O. The van der Waals surface area contributed by atoms with E-state index in [9.17, 15) is 4.79 Å². The number of carbonyl (C=O) groups is 1. The minimum absolute atomic E-state index is 0. The van der Waals surface area contributed by atoms with E-state index in [1.165, 1.54) is 0 Å². The molecule has 2 aromatic rings. The maximum Gasteiger partial charge on any atom is 0.272 e. The first-order valence-corrected chi connectivity index (χ1v) is 7.30. The third kappa shape index (κ3) is 3.27. The van der Waals surface area contributed by atoms with Gasteiger partial charge >= 0.3 is 0 Å². The van der Waals surface area contributed by atoms with Gasteiger partial charge in [0.05, 0.1) is 6.04 Å². The van der Waals surface area contributed by atoms with Crippen molar-refractivity contribution in [3.05, 3.63) is 52.8 Å². The van der Waals surface area contributed by atoms with E-state index in [0.717, 1.165) is 18.7 Å². The summed E-state index contributed by atoms with van der Waals surface area (Å²) in [4.78, 5) is 14.6. The number of nitrogens with one attached hydrogen (secondary N) is 1. The number of hydrogen-bond donors (Lipinski definition) is 1. The van der Waals surface area contributed by atoms with E-state index < -0.39 is 0 Å². The number of aromatic nitrogens is 2. The van der Waals surface area contributed by atoms with Gasteiger partial charge in [-0.1, -0.05) is 23.7 Å². The summed E-state index contributed by atoms with van der Waals surface area (Å²) in [7, 11) is 1.78. The second-order valence-electron chi connectivity index (χ2n) is 5.11. The van der Waals surface area contributed by atoms with Gasteiger partial charge in [-0.05, 0) is 23.8 Å². The van der Waals surface area contributed by atoms with E-state index in [4.69, 9.17) is 11.6 Å². The molecule has 1 aliphatic heterocycles. The molecule has 1 saturated heterocycles. The van der Waals surface area contributed by atoms with E-state index in [1.807, 2.05) is 29.2 Å². The van der Waals surface area contributed by atoms with Gasteiger partial charge < -0.3 is 10.2 Å². The van der Waals surface area contributed by atoms with Crippen LogP contribution in [0, 0.1) is 0 Å². The van der Waals surface area contributed by atoms with E-state index in [-0.39, 0.29) is 24.4 Å². The van der Waals surface area contributed by atoms with Gasteiger partial charge in [-0.3, -0.25) is 9.48 Å². The van der Waals surface area contributed by atoms with Gasteiger partial charge in [0.15, 0.2) is 0 Å². The van der Waals surface area contributed by atoms with Crippen LogP contribution in [0.1, 0.15) is 22.1 Å². The molecule has 0 spiro atoms. The molecule has 7 heteroatoms. The lowest BCUT2D eigenvalue weighted by molar-refractivity contribution is 0.0623. The first kappa shape index (κ1) is 16.8. The molecule has 1 aromatic heterocycles. The molecule has 1 atom stereocenters. The zero-order valence-electron chi connectivity index (χ0n) is 12.2. The highest BCUT2D eigenvalue weighted by Gasteiger charge is 2.29. The third-order valence-electron chi connectivity index (χ3n) is 3.78. The Kier molecular flexibility index (Phi) is 5.45. The van der Waals surface area contributed by atoms with Crippen molar-refractivity contribution in [3.63, 3.8) is 0 Å². The number of piperazine rings is 1. The fourth-order valence-electron chi connectivity index (χ4n) is 2.69. The van der Waals surface area contributed by atoms with E-state index in [2.05, 4.69) is 10.4 Å². The number of carbonyl (C=O) groups excluding carboxylic acids is 1. The number of nitrogens with zero attached hydrogens (tertiary/aromatic N) is 3. The highest BCUT2D eigenvalue weighted by atomic mass is 35.5. The average molecular weight is 341 g/mol. The summed E-state index contributed by atoms with van der Waals surface area (Å²) < 4.78 is 1.61. The molecule has 22 heavy (non-hydrogen) atoms. The van der Waals surface area contributed by atoms with Crippen LogP contribution in [0.2, 0.25) is 5.02 Å². The van der Waals surface area contributed by atoms with Crippen molar-refractivity contribution in [3.8, 4) is 0 Å². The fourth-order valence-corrected chi connectivity index (χ4v) is 2.89. The zero-order chi connectivity index (χ0) is 14.8. The topological polar surface area (TPSA) is 50.2 Å². The average Bonchev–Trinajstić information content (AvgIpc) is 2.93. The summed E-state index contributed by atoms with van der Waals surface area (Å²) >= 11 is 6.08. The predicted octanol–water partition coefficient (Wildman–Crippen LogP) is 2.28. The maximum absolute atomic E-state index is 12.8.